The second-order valence-electron chi connectivity index (χ2n) is 10.6. The van der Waals surface area contributed by atoms with E-state index in [9.17, 15) is 24.9 Å². The quantitative estimate of drug-likeness (QED) is 0.126. The van der Waals surface area contributed by atoms with Gasteiger partial charge in [0.25, 0.3) is 0 Å². The molecule has 1 heterocycles. The van der Waals surface area contributed by atoms with Crippen LogP contribution in [-0.2, 0) is 16.1 Å². The van der Waals surface area contributed by atoms with E-state index >= 15 is 0 Å². The number of phenols is 3. The Labute approximate surface area is 248 Å². The summed E-state index contributed by atoms with van der Waals surface area (Å²) in [5.74, 6) is -2.90. The maximum atomic E-state index is 13.3. The summed E-state index contributed by atoms with van der Waals surface area (Å²) >= 11 is 0. The molecule has 220 valence electrons. The first-order chi connectivity index (χ1) is 20.7. The molecule has 5 rings (SSSR count). The Morgan fingerprint density at radius 2 is 1.56 bits per heavy atom. The van der Waals surface area contributed by atoms with Gasteiger partial charge in [-0.2, -0.15) is 0 Å². The van der Waals surface area contributed by atoms with Crippen LogP contribution in [0.5, 0.6) is 23.0 Å². The van der Waals surface area contributed by atoms with Gasteiger partial charge in [0.1, 0.15) is 29.1 Å². The van der Waals surface area contributed by atoms with Crippen molar-refractivity contribution in [3.05, 3.63) is 117 Å². The van der Waals surface area contributed by atoms with Crippen LogP contribution in [0.15, 0.2) is 94.1 Å². The van der Waals surface area contributed by atoms with E-state index in [1.54, 1.807) is 48.5 Å². The molecule has 5 aromatic rings. The Balaban J connectivity index is 1.62. The standard InChI is InChI=1S/C35H32O8/c1-20(2)22-14-12-21(13-15-22)19-42-25-11-7-10-24(16-25)26(17-29(37)41-3)30-32(38)34(40)33(39)31-27(36)18-28(43-35(30)31)23-8-5-4-6-9-23/h4-16,18,20,26,38-40H,17,19H2,1-3H3. The van der Waals surface area contributed by atoms with E-state index in [2.05, 4.69) is 26.0 Å². The Kier molecular flexibility index (Phi) is 8.39. The molecular weight excluding hydrogens is 548 g/mol. The minimum absolute atomic E-state index is 0.0491. The number of fused-ring (bicyclic) bond motifs is 1. The first-order valence-corrected chi connectivity index (χ1v) is 13.9. The number of methoxy groups -OCH3 is 1. The molecule has 0 aliphatic carbocycles. The first-order valence-electron chi connectivity index (χ1n) is 13.9. The van der Waals surface area contributed by atoms with E-state index < -0.39 is 34.6 Å². The molecule has 1 aromatic heterocycles. The zero-order chi connectivity index (χ0) is 30.7. The molecule has 1 unspecified atom stereocenters. The van der Waals surface area contributed by atoms with Crippen molar-refractivity contribution < 1.29 is 34.0 Å². The summed E-state index contributed by atoms with van der Waals surface area (Å²) in [6.07, 6.45) is -0.275. The molecule has 0 spiro atoms. The first kappa shape index (κ1) is 29.3. The molecule has 4 aromatic carbocycles. The molecule has 3 N–H and O–H groups in total. The predicted molar refractivity (Wildman–Crippen MR) is 163 cm³/mol. The predicted octanol–water partition coefficient (Wildman–Crippen LogP) is 6.97. The van der Waals surface area contributed by atoms with Crippen molar-refractivity contribution in [1.82, 2.24) is 0 Å². The van der Waals surface area contributed by atoms with Crippen molar-refractivity contribution >= 4 is 16.9 Å². The van der Waals surface area contributed by atoms with Crippen LogP contribution in [0, 0.1) is 0 Å². The van der Waals surface area contributed by atoms with Crippen LogP contribution in [0.25, 0.3) is 22.3 Å². The summed E-state index contributed by atoms with van der Waals surface area (Å²) in [6.45, 7) is 4.56. The van der Waals surface area contributed by atoms with Gasteiger partial charge < -0.3 is 29.2 Å². The monoisotopic (exact) mass is 580 g/mol. The van der Waals surface area contributed by atoms with Crippen molar-refractivity contribution in [2.24, 2.45) is 0 Å². The number of carbonyl (C=O) groups is 1. The van der Waals surface area contributed by atoms with Gasteiger partial charge in [0.15, 0.2) is 16.9 Å². The maximum absolute atomic E-state index is 13.3. The third-order valence-corrected chi connectivity index (χ3v) is 7.45. The Bertz CT molecular complexity index is 1820. The second-order valence-corrected chi connectivity index (χ2v) is 10.6. The summed E-state index contributed by atoms with van der Waals surface area (Å²) in [6, 6.07) is 25.1. The van der Waals surface area contributed by atoms with Crippen LogP contribution < -0.4 is 10.2 Å². The number of carbonyl (C=O) groups excluding carboxylic acids is 1. The number of hydrogen-bond acceptors (Lipinski definition) is 8. The number of esters is 1. The average Bonchev–Trinajstić information content (AvgIpc) is 3.02. The van der Waals surface area contributed by atoms with Crippen LogP contribution in [0.4, 0.5) is 0 Å². The highest BCUT2D eigenvalue weighted by Crippen LogP contribution is 2.49. The number of benzene rings is 4. The van der Waals surface area contributed by atoms with Gasteiger partial charge in [-0.05, 0) is 34.7 Å². The minimum atomic E-state index is -0.954. The third kappa shape index (κ3) is 6.04. The summed E-state index contributed by atoms with van der Waals surface area (Å²) < 4.78 is 17.2. The van der Waals surface area contributed by atoms with Gasteiger partial charge >= 0.3 is 5.97 Å². The summed E-state index contributed by atoms with van der Waals surface area (Å²) in [5.41, 5.74) is 2.46. The number of rotatable bonds is 9. The van der Waals surface area contributed by atoms with Crippen molar-refractivity contribution in [1.29, 1.82) is 0 Å². The fraction of sp³-hybridized carbons (Fsp3) is 0.200. The van der Waals surface area contributed by atoms with Gasteiger partial charge in [-0.1, -0.05) is 80.6 Å². The molecule has 0 amide bonds. The maximum Gasteiger partial charge on any atom is 0.306 e. The summed E-state index contributed by atoms with van der Waals surface area (Å²) in [7, 11) is 1.24. The average molecular weight is 581 g/mol. The van der Waals surface area contributed by atoms with Crippen LogP contribution >= 0.6 is 0 Å². The lowest BCUT2D eigenvalue weighted by Gasteiger charge is -2.21. The zero-order valence-corrected chi connectivity index (χ0v) is 24.0. The molecule has 0 aliphatic heterocycles. The highest BCUT2D eigenvalue weighted by Gasteiger charge is 2.31. The molecule has 8 nitrogen and oxygen atoms in total. The SMILES string of the molecule is COC(=O)CC(c1cccc(OCc2ccc(C(C)C)cc2)c1)c1c(O)c(O)c(O)c2c(=O)cc(-c3ccccc3)oc12. The van der Waals surface area contributed by atoms with Crippen LogP contribution in [0.1, 0.15) is 54.4 Å². The van der Waals surface area contributed by atoms with E-state index in [0.717, 1.165) is 5.56 Å². The van der Waals surface area contributed by atoms with E-state index in [0.29, 0.717) is 29.4 Å². The van der Waals surface area contributed by atoms with Gasteiger partial charge in [0.2, 0.25) is 5.75 Å². The van der Waals surface area contributed by atoms with Crippen LogP contribution in [0.2, 0.25) is 0 Å². The van der Waals surface area contributed by atoms with Crippen LogP contribution in [-0.4, -0.2) is 28.4 Å². The third-order valence-electron chi connectivity index (χ3n) is 7.45. The molecule has 8 heteroatoms. The van der Waals surface area contributed by atoms with Gasteiger partial charge in [-0.15, -0.1) is 0 Å². The number of aromatic hydroxyl groups is 3. The van der Waals surface area contributed by atoms with E-state index in [1.165, 1.54) is 18.7 Å². The summed E-state index contributed by atoms with van der Waals surface area (Å²) in [5, 5.41) is 32.2. The molecule has 0 saturated heterocycles. The Morgan fingerprint density at radius 1 is 0.837 bits per heavy atom. The van der Waals surface area contributed by atoms with Gasteiger partial charge in [-0.25, -0.2) is 0 Å². The van der Waals surface area contributed by atoms with Gasteiger partial charge in [-0.3, -0.25) is 9.59 Å². The lowest BCUT2D eigenvalue weighted by atomic mass is 9.86. The second kappa shape index (κ2) is 12.3. The van der Waals surface area contributed by atoms with Gasteiger partial charge in [0.05, 0.1) is 13.5 Å². The number of phenolic OH excluding ortho intramolecular Hbond substituents is 3. The fourth-order valence-electron chi connectivity index (χ4n) is 5.06. The van der Waals surface area contributed by atoms with Crippen molar-refractivity contribution in [2.45, 2.75) is 38.7 Å². The van der Waals surface area contributed by atoms with E-state index in [1.807, 2.05) is 18.2 Å². The van der Waals surface area contributed by atoms with Crippen molar-refractivity contribution in [3.8, 4) is 34.3 Å². The van der Waals surface area contributed by atoms with Gasteiger partial charge in [0, 0.05) is 23.1 Å². The normalized spacial score (nSPS) is 11.9. The summed E-state index contributed by atoms with van der Waals surface area (Å²) in [4.78, 5) is 25.9. The van der Waals surface area contributed by atoms with E-state index in [4.69, 9.17) is 13.9 Å². The lowest BCUT2D eigenvalue weighted by molar-refractivity contribution is -0.140. The largest absolute Gasteiger partial charge is 0.504 e. The lowest BCUT2D eigenvalue weighted by Crippen LogP contribution is -2.12. The Hall–Kier alpha value is -5.24. The molecule has 0 saturated carbocycles. The highest BCUT2D eigenvalue weighted by molar-refractivity contribution is 5.93. The molecule has 0 aliphatic rings. The van der Waals surface area contributed by atoms with Crippen molar-refractivity contribution in [2.75, 3.05) is 7.11 Å². The molecule has 43 heavy (non-hydrogen) atoms. The topological polar surface area (TPSA) is 126 Å². The molecule has 1 atom stereocenters. The Morgan fingerprint density at radius 3 is 2.23 bits per heavy atom. The molecular formula is C35H32O8. The molecule has 0 bridgehead atoms. The smallest absolute Gasteiger partial charge is 0.306 e. The zero-order valence-electron chi connectivity index (χ0n) is 24.0. The highest BCUT2D eigenvalue weighted by atomic mass is 16.5. The van der Waals surface area contributed by atoms with Crippen molar-refractivity contribution in [3.63, 3.8) is 0 Å². The number of hydrogen-bond donors (Lipinski definition) is 3. The molecule has 0 fully saturated rings. The molecule has 0 radical (unpaired) electrons. The fourth-order valence-corrected chi connectivity index (χ4v) is 5.06. The minimum Gasteiger partial charge on any atom is -0.504 e. The van der Waals surface area contributed by atoms with Crippen LogP contribution in [0.3, 0.4) is 0 Å². The van der Waals surface area contributed by atoms with E-state index in [-0.39, 0.29) is 28.7 Å². The number of ether oxygens (including phenoxy) is 2.